The second kappa shape index (κ2) is 6.08. The SMILES string of the molecule is CC(C)N(C)CCNC(=O)[C@@H]1CCCN1. The molecule has 2 N–H and O–H groups in total. The molecule has 0 aromatic heterocycles. The maximum Gasteiger partial charge on any atom is 0.237 e. The first-order valence-corrected chi connectivity index (χ1v) is 5.82. The maximum absolute atomic E-state index is 11.6. The molecule has 1 saturated heterocycles. The van der Waals surface area contributed by atoms with Gasteiger partial charge in [0.15, 0.2) is 0 Å². The molecule has 88 valence electrons. The van der Waals surface area contributed by atoms with Crippen molar-refractivity contribution in [3.8, 4) is 0 Å². The summed E-state index contributed by atoms with van der Waals surface area (Å²) in [6, 6.07) is 0.584. The lowest BCUT2D eigenvalue weighted by molar-refractivity contribution is -0.122. The summed E-state index contributed by atoms with van der Waals surface area (Å²) in [6.07, 6.45) is 2.09. The molecule has 0 radical (unpaired) electrons. The number of carbonyl (C=O) groups excluding carboxylic acids is 1. The van der Waals surface area contributed by atoms with E-state index in [-0.39, 0.29) is 11.9 Å². The molecular formula is C11H23N3O. The zero-order chi connectivity index (χ0) is 11.3. The van der Waals surface area contributed by atoms with E-state index in [0.29, 0.717) is 6.04 Å². The summed E-state index contributed by atoms with van der Waals surface area (Å²) in [6.45, 7) is 6.94. The Morgan fingerprint density at radius 1 is 1.60 bits per heavy atom. The Morgan fingerprint density at radius 3 is 2.87 bits per heavy atom. The van der Waals surface area contributed by atoms with E-state index in [0.717, 1.165) is 32.5 Å². The summed E-state index contributed by atoms with van der Waals surface area (Å²) in [5.41, 5.74) is 0. The van der Waals surface area contributed by atoms with Crippen LogP contribution in [-0.2, 0) is 4.79 Å². The third-order valence-electron chi connectivity index (χ3n) is 3.02. The fraction of sp³-hybridized carbons (Fsp3) is 0.909. The van der Waals surface area contributed by atoms with E-state index in [9.17, 15) is 4.79 Å². The highest BCUT2D eigenvalue weighted by molar-refractivity contribution is 5.81. The quantitative estimate of drug-likeness (QED) is 0.685. The molecule has 1 aliphatic heterocycles. The monoisotopic (exact) mass is 213 g/mol. The lowest BCUT2D eigenvalue weighted by atomic mass is 10.2. The van der Waals surface area contributed by atoms with Gasteiger partial charge in [-0.3, -0.25) is 4.79 Å². The Balaban J connectivity index is 2.11. The van der Waals surface area contributed by atoms with Gasteiger partial charge >= 0.3 is 0 Å². The van der Waals surface area contributed by atoms with Crippen molar-refractivity contribution < 1.29 is 4.79 Å². The first kappa shape index (κ1) is 12.5. The van der Waals surface area contributed by atoms with E-state index >= 15 is 0 Å². The molecule has 0 bridgehead atoms. The standard InChI is InChI=1S/C11H23N3O/c1-9(2)14(3)8-7-13-11(15)10-5-4-6-12-10/h9-10,12H,4-8H2,1-3H3,(H,13,15)/t10-/m0/s1. The highest BCUT2D eigenvalue weighted by Gasteiger charge is 2.21. The molecular weight excluding hydrogens is 190 g/mol. The van der Waals surface area contributed by atoms with Crippen LogP contribution in [0.1, 0.15) is 26.7 Å². The minimum atomic E-state index is 0.0503. The summed E-state index contributed by atoms with van der Waals surface area (Å²) >= 11 is 0. The van der Waals surface area contributed by atoms with Gasteiger partial charge in [-0.25, -0.2) is 0 Å². The zero-order valence-corrected chi connectivity index (χ0v) is 10.0. The van der Waals surface area contributed by atoms with Crippen LogP contribution in [0.25, 0.3) is 0 Å². The molecule has 1 amide bonds. The number of amides is 1. The van der Waals surface area contributed by atoms with Crippen molar-refractivity contribution in [3.63, 3.8) is 0 Å². The first-order valence-electron chi connectivity index (χ1n) is 5.82. The average Bonchev–Trinajstić information content (AvgIpc) is 2.70. The molecule has 1 rings (SSSR count). The largest absolute Gasteiger partial charge is 0.353 e. The van der Waals surface area contributed by atoms with Crippen LogP contribution in [0, 0.1) is 0 Å². The average molecular weight is 213 g/mol. The number of likely N-dealkylation sites (N-methyl/N-ethyl adjacent to an activating group) is 1. The Morgan fingerprint density at radius 2 is 2.33 bits per heavy atom. The minimum Gasteiger partial charge on any atom is -0.353 e. The van der Waals surface area contributed by atoms with Crippen LogP contribution in [0.5, 0.6) is 0 Å². The Bertz CT molecular complexity index is 200. The van der Waals surface area contributed by atoms with Crippen molar-refractivity contribution in [1.29, 1.82) is 0 Å². The Kier molecular flexibility index (Phi) is 5.05. The second-order valence-electron chi connectivity index (χ2n) is 4.51. The number of nitrogens with zero attached hydrogens (tertiary/aromatic N) is 1. The molecule has 0 saturated carbocycles. The van der Waals surface area contributed by atoms with Gasteiger partial charge in [-0.15, -0.1) is 0 Å². The van der Waals surface area contributed by atoms with Crippen molar-refractivity contribution in [3.05, 3.63) is 0 Å². The lowest BCUT2D eigenvalue weighted by Crippen LogP contribution is -2.43. The minimum absolute atomic E-state index is 0.0503. The van der Waals surface area contributed by atoms with Crippen LogP contribution in [0.4, 0.5) is 0 Å². The van der Waals surface area contributed by atoms with Gasteiger partial charge in [-0.05, 0) is 40.3 Å². The number of hydrogen-bond donors (Lipinski definition) is 2. The van der Waals surface area contributed by atoms with E-state index in [1.807, 2.05) is 0 Å². The molecule has 0 unspecified atom stereocenters. The topological polar surface area (TPSA) is 44.4 Å². The van der Waals surface area contributed by atoms with Gasteiger partial charge in [0, 0.05) is 19.1 Å². The highest BCUT2D eigenvalue weighted by atomic mass is 16.2. The van der Waals surface area contributed by atoms with E-state index in [1.54, 1.807) is 0 Å². The van der Waals surface area contributed by atoms with Gasteiger partial charge in [0.05, 0.1) is 6.04 Å². The summed E-state index contributed by atoms with van der Waals surface area (Å²) in [5.74, 6) is 0.157. The molecule has 0 aliphatic carbocycles. The summed E-state index contributed by atoms with van der Waals surface area (Å²) in [7, 11) is 2.07. The van der Waals surface area contributed by atoms with Gasteiger partial charge in [0.25, 0.3) is 0 Å². The van der Waals surface area contributed by atoms with Gasteiger partial charge in [0.1, 0.15) is 0 Å². The van der Waals surface area contributed by atoms with E-state index in [4.69, 9.17) is 0 Å². The number of hydrogen-bond acceptors (Lipinski definition) is 3. The summed E-state index contributed by atoms with van der Waals surface area (Å²) in [5, 5.41) is 6.16. The van der Waals surface area contributed by atoms with E-state index < -0.39 is 0 Å². The molecule has 1 aliphatic rings. The van der Waals surface area contributed by atoms with Gasteiger partial charge in [-0.2, -0.15) is 0 Å². The van der Waals surface area contributed by atoms with Crippen LogP contribution < -0.4 is 10.6 Å². The Labute approximate surface area is 92.4 Å². The molecule has 0 aromatic rings. The van der Waals surface area contributed by atoms with Crippen molar-refractivity contribution in [2.24, 2.45) is 0 Å². The van der Waals surface area contributed by atoms with Crippen LogP contribution in [0.15, 0.2) is 0 Å². The van der Waals surface area contributed by atoms with Crippen LogP contribution in [0.3, 0.4) is 0 Å². The van der Waals surface area contributed by atoms with Gasteiger partial charge < -0.3 is 15.5 Å². The second-order valence-corrected chi connectivity index (χ2v) is 4.51. The van der Waals surface area contributed by atoms with E-state index in [1.165, 1.54) is 0 Å². The Hall–Kier alpha value is -0.610. The van der Waals surface area contributed by atoms with Gasteiger partial charge in [-0.1, -0.05) is 0 Å². The molecule has 0 spiro atoms. The van der Waals surface area contributed by atoms with Crippen molar-refractivity contribution in [1.82, 2.24) is 15.5 Å². The van der Waals surface area contributed by atoms with Crippen molar-refractivity contribution in [2.45, 2.75) is 38.8 Å². The fourth-order valence-electron chi connectivity index (χ4n) is 1.65. The smallest absolute Gasteiger partial charge is 0.237 e. The number of nitrogens with one attached hydrogen (secondary N) is 2. The predicted octanol–water partition coefficient (Wildman–Crippen LogP) is 0.195. The van der Waals surface area contributed by atoms with Crippen molar-refractivity contribution >= 4 is 5.91 Å². The third-order valence-corrected chi connectivity index (χ3v) is 3.02. The molecule has 4 heteroatoms. The van der Waals surface area contributed by atoms with Crippen LogP contribution in [0.2, 0.25) is 0 Å². The van der Waals surface area contributed by atoms with Crippen LogP contribution in [-0.4, -0.2) is 49.6 Å². The molecule has 1 heterocycles. The summed E-state index contributed by atoms with van der Waals surface area (Å²) < 4.78 is 0. The van der Waals surface area contributed by atoms with Crippen molar-refractivity contribution in [2.75, 3.05) is 26.7 Å². The first-order chi connectivity index (χ1) is 7.11. The lowest BCUT2D eigenvalue weighted by Gasteiger charge is -2.21. The van der Waals surface area contributed by atoms with E-state index in [2.05, 4.69) is 36.4 Å². The molecule has 4 nitrogen and oxygen atoms in total. The summed E-state index contributed by atoms with van der Waals surface area (Å²) in [4.78, 5) is 13.8. The fourth-order valence-corrected chi connectivity index (χ4v) is 1.65. The predicted molar refractivity (Wildman–Crippen MR) is 61.8 cm³/mol. The molecule has 0 aromatic carbocycles. The van der Waals surface area contributed by atoms with Crippen LogP contribution >= 0.6 is 0 Å². The normalized spacial score (nSPS) is 21.3. The number of carbonyl (C=O) groups is 1. The maximum atomic E-state index is 11.6. The molecule has 1 atom stereocenters. The highest BCUT2D eigenvalue weighted by Crippen LogP contribution is 2.04. The molecule has 15 heavy (non-hydrogen) atoms. The molecule has 1 fully saturated rings. The third kappa shape index (κ3) is 4.18. The van der Waals surface area contributed by atoms with Gasteiger partial charge in [0.2, 0.25) is 5.91 Å². The number of rotatable bonds is 5. The zero-order valence-electron chi connectivity index (χ0n) is 10.0.